The molecule has 0 aliphatic rings. The van der Waals surface area contributed by atoms with Crippen LogP contribution in [0.3, 0.4) is 0 Å². The van der Waals surface area contributed by atoms with Crippen molar-refractivity contribution >= 4 is 5.97 Å². The largest absolute Gasteiger partial charge is 0.462 e. The van der Waals surface area contributed by atoms with E-state index in [4.69, 9.17) is 4.74 Å². The second-order valence-electron chi connectivity index (χ2n) is 3.88. The lowest BCUT2D eigenvalue weighted by atomic mass is 10.1. The molecule has 0 aromatic carbocycles. The van der Waals surface area contributed by atoms with Crippen molar-refractivity contribution in [2.45, 2.75) is 19.8 Å². The first-order valence-corrected chi connectivity index (χ1v) is 5.89. The third kappa shape index (κ3) is 2.94. The number of rotatable bonds is 5. The van der Waals surface area contributed by atoms with Gasteiger partial charge in [0, 0.05) is 25.0 Å². The highest BCUT2D eigenvalue weighted by atomic mass is 16.5. The fraction of sp³-hybridized carbons (Fsp3) is 0.308. The number of hydrogen-bond donors (Lipinski definition) is 1. The first-order valence-electron chi connectivity index (χ1n) is 5.89. The summed E-state index contributed by atoms with van der Waals surface area (Å²) >= 11 is 0. The number of carbonyl (C=O) groups excluding carboxylic acids is 1. The van der Waals surface area contributed by atoms with Crippen molar-refractivity contribution in [3.8, 4) is 0 Å². The summed E-state index contributed by atoms with van der Waals surface area (Å²) in [6.45, 7) is 2.34. The first-order chi connectivity index (χ1) is 8.81. The maximum atomic E-state index is 11.9. The van der Waals surface area contributed by atoms with Crippen LogP contribution in [-0.4, -0.2) is 27.8 Å². The number of aromatic nitrogens is 3. The van der Waals surface area contributed by atoms with Crippen LogP contribution in [0.15, 0.2) is 30.9 Å². The smallest absolute Gasteiger partial charge is 0.338 e. The molecule has 5 heteroatoms. The fourth-order valence-corrected chi connectivity index (χ4v) is 1.66. The third-order valence-corrected chi connectivity index (χ3v) is 2.68. The van der Waals surface area contributed by atoms with E-state index < -0.39 is 0 Å². The molecular weight excluding hydrogens is 230 g/mol. The molecule has 0 radical (unpaired) electrons. The van der Waals surface area contributed by atoms with Crippen molar-refractivity contribution < 1.29 is 9.53 Å². The predicted octanol–water partition coefficient (Wildman–Crippen LogP) is 1.77. The Kier molecular flexibility index (Phi) is 4.06. The normalized spacial score (nSPS) is 10.3. The molecule has 2 aromatic heterocycles. The molecule has 94 valence electrons. The summed E-state index contributed by atoms with van der Waals surface area (Å²) in [6.07, 6.45) is 8.24. The van der Waals surface area contributed by atoms with Gasteiger partial charge in [0.15, 0.2) is 0 Å². The van der Waals surface area contributed by atoms with Crippen molar-refractivity contribution in [1.29, 1.82) is 0 Å². The van der Waals surface area contributed by atoms with Crippen LogP contribution in [0, 0.1) is 0 Å². The second-order valence-corrected chi connectivity index (χ2v) is 3.88. The van der Waals surface area contributed by atoms with Gasteiger partial charge in [-0.1, -0.05) is 6.92 Å². The van der Waals surface area contributed by atoms with Gasteiger partial charge in [0.2, 0.25) is 0 Å². The van der Waals surface area contributed by atoms with Crippen LogP contribution in [-0.2, 0) is 17.6 Å². The van der Waals surface area contributed by atoms with Crippen LogP contribution in [0.25, 0.3) is 0 Å². The number of esters is 1. The Hall–Kier alpha value is -2.17. The molecule has 0 amide bonds. The minimum absolute atomic E-state index is 0.294. The molecule has 2 heterocycles. The van der Waals surface area contributed by atoms with E-state index in [-0.39, 0.29) is 5.97 Å². The first kappa shape index (κ1) is 12.3. The van der Waals surface area contributed by atoms with E-state index >= 15 is 0 Å². The van der Waals surface area contributed by atoms with Crippen molar-refractivity contribution in [2.24, 2.45) is 0 Å². The fourth-order valence-electron chi connectivity index (χ4n) is 1.66. The summed E-state index contributed by atoms with van der Waals surface area (Å²) in [6, 6.07) is 1.69. The molecule has 0 saturated carbocycles. The minimum Gasteiger partial charge on any atom is -0.462 e. The average molecular weight is 245 g/mol. The number of carbonyl (C=O) groups is 1. The Morgan fingerprint density at radius 2 is 2.33 bits per heavy atom. The summed E-state index contributed by atoms with van der Waals surface area (Å²) in [5, 5.41) is 6.55. The van der Waals surface area contributed by atoms with Gasteiger partial charge in [-0.15, -0.1) is 0 Å². The quantitative estimate of drug-likeness (QED) is 0.815. The summed E-state index contributed by atoms with van der Waals surface area (Å²) in [5.41, 5.74) is 2.53. The van der Waals surface area contributed by atoms with Crippen LogP contribution in [0.4, 0.5) is 0 Å². The molecule has 0 aliphatic heterocycles. The Morgan fingerprint density at radius 3 is 3.06 bits per heavy atom. The number of aromatic amines is 1. The molecule has 0 bridgehead atoms. The molecule has 0 atom stereocenters. The number of H-pyrrole nitrogens is 1. The lowest BCUT2D eigenvalue weighted by Crippen LogP contribution is -2.10. The monoisotopic (exact) mass is 245 g/mol. The number of ether oxygens (including phenoxy) is 1. The molecule has 0 aliphatic carbocycles. The van der Waals surface area contributed by atoms with Gasteiger partial charge >= 0.3 is 5.97 Å². The Morgan fingerprint density at radius 1 is 1.44 bits per heavy atom. The van der Waals surface area contributed by atoms with Crippen molar-refractivity contribution in [2.75, 3.05) is 6.61 Å². The topological polar surface area (TPSA) is 67.9 Å². The van der Waals surface area contributed by atoms with Gasteiger partial charge in [-0.3, -0.25) is 10.1 Å². The van der Waals surface area contributed by atoms with E-state index in [1.807, 2.05) is 6.92 Å². The maximum Gasteiger partial charge on any atom is 0.338 e. The van der Waals surface area contributed by atoms with E-state index in [9.17, 15) is 4.79 Å². The molecule has 2 aromatic rings. The zero-order valence-electron chi connectivity index (χ0n) is 10.2. The summed E-state index contributed by atoms with van der Waals surface area (Å²) in [7, 11) is 0. The Bertz CT molecular complexity index is 509. The number of nitrogens with one attached hydrogen (secondary N) is 1. The molecule has 1 N–H and O–H groups in total. The molecule has 0 fully saturated rings. The van der Waals surface area contributed by atoms with Crippen molar-refractivity contribution in [1.82, 2.24) is 15.2 Å². The summed E-state index contributed by atoms with van der Waals surface area (Å²) < 4.78 is 5.24. The number of aryl methyl sites for hydroxylation is 1. The minimum atomic E-state index is -0.294. The molecule has 5 nitrogen and oxygen atoms in total. The molecule has 2 rings (SSSR count). The lowest BCUT2D eigenvalue weighted by Gasteiger charge is -2.07. The molecule has 0 saturated heterocycles. The van der Waals surface area contributed by atoms with E-state index in [1.54, 1.807) is 30.9 Å². The van der Waals surface area contributed by atoms with Gasteiger partial charge in [0.05, 0.1) is 18.4 Å². The molecule has 0 spiro atoms. The van der Waals surface area contributed by atoms with Gasteiger partial charge in [-0.05, 0) is 23.6 Å². The number of hydrogen-bond acceptors (Lipinski definition) is 4. The zero-order chi connectivity index (χ0) is 12.8. The van der Waals surface area contributed by atoms with E-state index in [0.717, 1.165) is 17.5 Å². The van der Waals surface area contributed by atoms with Crippen molar-refractivity contribution in [3.63, 3.8) is 0 Å². The number of pyridine rings is 1. The Labute approximate surface area is 105 Å². The van der Waals surface area contributed by atoms with Gasteiger partial charge in [0.25, 0.3) is 0 Å². The van der Waals surface area contributed by atoms with Crippen LogP contribution in [0.1, 0.15) is 28.4 Å². The lowest BCUT2D eigenvalue weighted by molar-refractivity contribution is 0.0508. The van der Waals surface area contributed by atoms with E-state index in [2.05, 4.69) is 15.2 Å². The highest BCUT2D eigenvalue weighted by molar-refractivity contribution is 5.90. The summed E-state index contributed by atoms with van der Waals surface area (Å²) in [5.74, 6) is -0.294. The zero-order valence-corrected chi connectivity index (χ0v) is 10.2. The van der Waals surface area contributed by atoms with E-state index in [1.165, 1.54) is 0 Å². The van der Waals surface area contributed by atoms with Gasteiger partial charge in [0.1, 0.15) is 0 Å². The standard InChI is InChI=1S/C13H15N3O2/c1-2-11-9-14-5-3-12(11)13(17)18-6-4-10-7-15-16-8-10/h3,5,7-9H,2,4,6H2,1H3,(H,15,16). The van der Waals surface area contributed by atoms with Gasteiger partial charge in [-0.2, -0.15) is 5.10 Å². The van der Waals surface area contributed by atoms with Crippen LogP contribution < -0.4 is 0 Å². The van der Waals surface area contributed by atoms with Gasteiger partial charge in [-0.25, -0.2) is 4.79 Å². The van der Waals surface area contributed by atoms with Crippen LogP contribution in [0.2, 0.25) is 0 Å². The highest BCUT2D eigenvalue weighted by Gasteiger charge is 2.11. The average Bonchev–Trinajstić information content (AvgIpc) is 2.91. The van der Waals surface area contributed by atoms with Crippen LogP contribution in [0.5, 0.6) is 0 Å². The molecular formula is C13H15N3O2. The Balaban J connectivity index is 1.91. The maximum absolute atomic E-state index is 11.9. The molecule has 0 unspecified atom stereocenters. The van der Waals surface area contributed by atoms with Crippen molar-refractivity contribution in [3.05, 3.63) is 47.5 Å². The second kappa shape index (κ2) is 5.95. The summed E-state index contributed by atoms with van der Waals surface area (Å²) in [4.78, 5) is 15.9. The van der Waals surface area contributed by atoms with Gasteiger partial charge < -0.3 is 4.74 Å². The van der Waals surface area contributed by atoms with Crippen LogP contribution >= 0.6 is 0 Å². The third-order valence-electron chi connectivity index (χ3n) is 2.68. The SMILES string of the molecule is CCc1cnccc1C(=O)OCCc1cn[nH]c1. The number of nitrogens with zero attached hydrogens (tertiary/aromatic N) is 2. The highest BCUT2D eigenvalue weighted by Crippen LogP contribution is 2.09. The predicted molar refractivity (Wildman–Crippen MR) is 66.2 cm³/mol. The molecule has 18 heavy (non-hydrogen) atoms. The van der Waals surface area contributed by atoms with E-state index in [0.29, 0.717) is 18.6 Å².